The molecule has 0 radical (unpaired) electrons. The third-order valence-corrected chi connectivity index (χ3v) is 24.1. The van der Waals surface area contributed by atoms with Gasteiger partial charge in [-0.2, -0.15) is 29.8 Å². The highest BCUT2D eigenvalue weighted by Crippen LogP contribution is 2.49. The van der Waals surface area contributed by atoms with E-state index in [0.29, 0.717) is 97.5 Å². The van der Waals surface area contributed by atoms with Crippen molar-refractivity contribution in [2.45, 2.75) is 186 Å². The summed E-state index contributed by atoms with van der Waals surface area (Å²) in [5.74, 6) is -9.93. The lowest BCUT2D eigenvalue weighted by Gasteiger charge is -2.27. The van der Waals surface area contributed by atoms with Gasteiger partial charge in [-0.15, -0.1) is 0 Å². The molecular weight excluding hydrogens is 1470 g/mol. The number of hydrogen-bond acceptors (Lipinski definition) is 18. The molecule has 2 aliphatic carbocycles. The van der Waals surface area contributed by atoms with E-state index in [0.717, 1.165) is 54.6 Å². The molecule has 0 spiro atoms. The maximum absolute atomic E-state index is 15.8. The van der Waals surface area contributed by atoms with Crippen LogP contribution in [0.25, 0.3) is 0 Å². The Morgan fingerprint density at radius 3 is 1.95 bits per heavy atom. The number of carboxylic acids is 1. The van der Waals surface area contributed by atoms with Crippen molar-refractivity contribution >= 4 is 90.8 Å². The molecule has 4 aromatic rings. The number of carbonyl (C=O) groups excluding carboxylic acids is 2. The van der Waals surface area contributed by atoms with Crippen LogP contribution in [-0.2, 0) is 91.3 Å². The fourth-order valence-corrected chi connectivity index (χ4v) is 17.2. The molecule has 0 aromatic heterocycles. The molecule has 2 heterocycles. The van der Waals surface area contributed by atoms with Gasteiger partial charge in [-0.05, 0) is 136 Å². The number of sulfone groups is 1. The first-order chi connectivity index (χ1) is 49.2. The molecule has 34 heteroatoms. The first-order valence-electron chi connectivity index (χ1n) is 34.6. The van der Waals surface area contributed by atoms with Gasteiger partial charge in [0, 0.05) is 79.3 Å². The monoisotopic (exact) mass is 1570 g/mol. The van der Waals surface area contributed by atoms with Crippen molar-refractivity contribution in [3.05, 3.63) is 142 Å². The van der Waals surface area contributed by atoms with E-state index in [1.165, 1.54) is 24.3 Å². The Hall–Kier alpha value is -7.38. The number of nitrogens with zero attached hydrogens (tertiary/aromatic N) is 2. The molecule has 2 aliphatic heterocycles. The van der Waals surface area contributed by atoms with Gasteiger partial charge in [-0.1, -0.05) is 77.5 Å². The molecule has 4 aromatic carbocycles. The summed E-state index contributed by atoms with van der Waals surface area (Å²) < 4.78 is 220. The Bertz CT molecular complexity index is 4690. The van der Waals surface area contributed by atoms with Crippen molar-refractivity contribution in [3.8, 4) is 5.75 Å². The van der Waals surface area contributed by atoms with E-state index >= 15 is 13.2 Å². The number of halogens is 3. The number of nitrogens with one attached hydrogen (secondary N) is 3. The minimum atomic E-state index is -5.20. The Morgan fingerprint density at radius 2 is 1.32 bits per heavy atom. The van der Waals surface area contributed by atoms with Gasteiger partial charge in [-0.3, -0.25) is 23.2 Å². The summed E-state index contributed by atoms with van der Waals surface area (Å²) in [4.78, 5) is 36.7. The van der Waals surface area contributed by atoms with Crippen LogP contribution in [0.4, 0.5) is 30.2 Å². The van der Waals surface area contributed by atoms with E-state index < -0.39 is 142 Å². The number of nitrogens with two attached hydrogens (primary N) is 1. The number of ether oxygens (including phenoxy) is 3. The summed E-state index contributed by atoms with van der Waals surface area (Å²) in [6, 6.07) is 13.5. The van der Waals surface area contributed by atoms with Crippen LogP contribution in [0.2, 0.25) is 0 Å². The van der Waals surface area contributed by atoms with E-state index in [-0.39, 0.29) is 68.6 Å². The van der Waals surface area contributed by atoms with E-state index in [1.807, 2.05) is 56.6 Å². The van der Waals surface area contributed by atoms with Gasteiger partial charge in [0.2, 0.25) is 27.5 Å². The van der Waals surface area contributed by atoms with Gasteiger partial charge in [-0.25, -0.2) is 39.9 Å². The molecule has 105 heavy (non-hydrogen) atoms. The van der Waals surface area contributed by atoms with Crippen molar-refractivity contribution in [1.29, 1.82) is 0 Å². The Kier molecular flexibility index (Phi) is 27.8. The second kappa shape index (κ2) is 35.1. The van der Waals surface area contributed by atoms with Crippen LogP contribution in [0.15, 0.2) is 127 Å². The summed E-state index contributed by atoms with van der Waals surface area (Å²) in [5.41, 5.74) is 3.55. The number of fused-ring (bicyclic) bond motifs is 2. The van der Waals surface area contributed by atoms with Gasteiger partial charge in [0.05, 0.1) is 58.8 Å². The van der Waals surface area contributed by atoms with Crippen LogP contribution >= 0.6 is 0 Å². The lowest BCUT2D eigenvalue weighted by molar-refractivity contribution is -0.438. The highest BCUT2D eigenvalue weighted by molar-refractivity contribution is 7.91. The third kappa shape index (κ3) is 21.5. The van der Waals surface area contributed by atoms with Crippen LogP contribution in [-0.4, -0.2) is 159 Å². The largest absolute Gasteiger partial charge is 0.480 e. The summed E-state index contributed by atoms with van der Waals surface area (Å²) in [6.45, 7) is 10.2. The van der Waals surface area contributed by atoms with E-state index in [9.17, 15) is 75.2 Å². The number of carbonyl (C=O) groups is 3. The predicted molar refractivity (Wildman–Crippen MR) is 386 cm³/mol. The van der Waals surface area contributed by atoms with Gasteiger partial charge in [0.25, 0.3) is 30.4 Å². The minimum Gasteiger partial charge on any atom is -0.480 e. The number of hydrogen-bond donors (Lipinski definition) is 8. The van der Waals surface area contributed by atoms with Crippen molar-refractivity contribution in [2.24, 2.45) is 5.14 Å². The van der Waals surface area contributed by atoms with Gasteiger partial charge >= 0.3 is 5.97 Å². The molecule has 2 amide bonds. The first kappa shape index (κ1) is 83.3. The smallest absolute Gasteiger partial charge is 0.326 e. The van der Waals surface area contributed by atoms with Crippen LogP contribution < -0.4 is 30.7 Å². The molecule has 576 valence electrons. The minimum absolute atomic E-state index is 0.0334. The fourth-order valence-electron chi connectivity index (χ4n) is 13.5. The Labute approximate surface area is 611 Å². The normalized spacial score (nSPS) is 17.8. The van der Waals surface area contributed by atoms with Gasteiger partial charge in [0.15, 0.2) is 37.9 Å². The quantitative estimate of drug-likeness (QED) is 0.00918. The maximum Gasteiger partial charge on any atom is 0.326 e. The highest BCUT2D eigenvalue weighted by Gasteiger charge is 2.46. The fraction of sp³-hybridized carbons (Fsp3) is 0.493. The van der Waals surface area contributed by atoms with Crippen molar-refractivity contribution in [3.63, 3.8) is 0 Å². The SMILES string of the molecule is CCCCN1C(=CC=C2CCCC(C=CC3=[N+](CCCCS(=O)(=O)O)c4ccc(S(=O)(=O)O)cc4C3(C)C)=C2Oc2ccc(C[C@H](NC(=O)CCOCCOCCNC(=O)CCS(=O)(=O)c3c(F)c(F)c(S(N)(=O)=O)c(F)c3NC3CCCCCCC3)C(=O)O)cc2)C(C)(C)c2cc(S(=O)(=O)O)ccc21. The molecule has 0 saturated heterocycles. The lowest BCUT2D eigenvalue weighted by Crippen LogP contribution is -2.42. The number of primary sulfonamides is 1. The van der Waals surface area contributed by atoms with Crippen LogP contribution in [0.1, 0.15) is 154 Å². The highest BCUT2D eigenvalue weighted by atomic mass is 32.2. The number of rotatable bonds is 35. The average molecular weight is 1570 g/mol. The first-order valence-corrected chi connectivity index (χ1v) is 42.3. The number of unbranched alkanes of at least 4 members (excludes halogenated alkanes) is 2. The second-order valence-corrected chi connectivity index (χ2v) is 35.3. The third-order valence-electron chi connectivity index (χ3n) is 19.0. The molecule has 26 nitrogen and oxygen atoms in total. The number of carboxylic acid groups (broad SMARTS) is 1. The molecule has 4 aliphatic rings. The summed E-state index contributed by atoms with van der Waals surface area (Å²) in [6.07, 6.45) is 15.0. The van der Waals surface area contributed by atoms with Crippen molar-refractivity contribution in [1.82, 2.24) is 10.6 Å². The van der Waals surface area contributed by atoms with Crippen molar-refractivity contribution < 1.29 is 107 Å². The Balaban J connectivity index is 0.912. The van der Waals surface area contributed by atoms with Crippen LogP contribution in [0, 0.1) is 17.5 Å². The zero-order valence-corrected chi connectivity index (χ0v) is 63.2. The zero-order chi connectivity index (χ0) is 77.0. The van der Waals surface area contributed by atoms with E-state index in [4.69, 9.17) is 19.3 Å². The molecule has 9 N–H and O–H groups in total. The standard InChI is InChI=1S/C71H91F3N6O20S5/c1-6-7-35-79-56-28-26-51(104(92,93)94)44-53(56)70(2,3)58(79)30-22-47-16-15-17-48(23-31-59-71(4,5)54-45-52(105(95,96)97)27-29-57(54)80(59)36-13-14-41-102(87,88)89)66(47)100-50-24-20-46(21-25-50)43-55(69(83)84)78-61(82)32-37-98-39-40-99-38-34-76-60(81)33-42-101(85,86)68-63(73)62(72)67(103(75,90)91)64(74)65(68)77-49-18-11-9-8-10-12-19-49/h20-31,44-45,49,55,77H,6-19,32-43H2,1-5H3,(H7-,75,76,78,81,82,83,84,87,88,89,90,91,92,93,94,95,96,97)/p+1/t55-/m0/s1. The molecule has 0 unspecified atom stereocenters. The van der Waals surface area contributed by atoms with E-state index in [1.54, 1.807) is 36.4 Å². The van der Waals surface area contributed by atoms with Crippen molar-refractivity contribution in [2.75, 3.05) is 67.8 Å². The molecular formula is C71H92F3N6O20S5+. The van der Waals surface area contributed by atoms with Gasteiger partial charge in [0.1, 0.15) is 29.0 Å². The van der Waals surface area contributed by atoms with Crippen LogP contribution in [0.3, 0.4) is 0 Å². The number of sulfonamides is 1. The zero-order valence-electron chi connectivity index (χ0n) is 59.1. The number of anilines is 2. The lowest BCUT2D eigenvalue weighted by atomic mass is 9.81. The molecule has 1 fully saturated rings. The topological polar surface area (TPSA) is 399 Å². The number of aliphatic carboxylic acids is 1. The molecule has 1 saturated carbocycles. The van der Waals surface area contributed by atoms with Crippen LogP contribution in [0.5, 0.6) is 5.75 Å². The molecule has 8 rings (SSSR count). The average Bonchev–Trinajstić information content (AvgIpc) is 1.62. The van der Waals surface area contributed by atoms with E-state index in [2.05, 4.69) is 27.8 Å². The van der Waals surface area contributed by atoms with Gasteiger partial charge < -0.3 is 40.2 Å². The number of allylic oxidation sites excluding steroid dienone is 7. The molecule has 1 atom stereocenters. The number of amides is 2. The molecule has 0 bridgehead atoms. The predicted octanol–water partition coefficient (Wildman–Crippen LogP) is 9.81. The summed E-state index contributed by atoms with van der Waals surface area (Å²) in [5, 5.41) is 22.8. The number of benzene rings is 4. The summed E-state index contributed by atoms with van der Waals surface area (Å²) >= 11 is 0. The maximum atomic E-state index is 15.8. The Morgan fingerprint density at radius 1 is 0.695 bits per heavy atom. The summed E-state index contributed by atoms with van der Waals surface area (Å²) in [7, 11) is -23.6. The second-order valence-electron chi connectivity index (χ2n) is 27.4.